The molecule has 0 bridgehead atoms. The molecule has 1 rings (SSSR count). The summed E-state index contributed by atoms with van der Waals surface area (Å²) < 4.78 is 5.08. The number of hydrogen-bond donors (Lipinski definition) is 3. The lowest BCUT2D eigenvalue weighted by Gasteiger charge is -2.23. The smallest absolute Gasteiger partial charge is 0.407 e. The van der Waals surface area contributed by atoms with Gasteiger partial charge in [0.15, 0.2) is 0 Å². The van der Waals surface area contributed by atoms with Gasteiger partial charge in [-0.15, -0.1) is 0 Å². The van der Waals surface area contributed by atoms with E-state index in [9.17, 15) is 9.59 Å². The van der Waals surface area contributed by atoms with Crippen molar-refractivity contribution in [1.82, 2.24) is 16.0 Å². The van der Waals surface area contributed by atoms with E-state index in [-0.39, 0.29) is 12.3 Å². The van der Waals surface area contributed by atoms with E-state index >= 15 is 0 Å². The SMILES string of the molecule is CC(C)(C)OC(=O)NCCC(=O)NCC1CCCCN1. The molecule has 0 spiro atoms. The fourth-order valence-electron chi connectivity index (χ4n) is 2.02. The summed E-state index contributed by atoms with van der Waals surface area (Å²) in [5, 5.41) is 8.82. The van der Waals surface area contributed by atoms with E-state index in [0.717, 1.165) is 13.0 Å². The van der Waals surface area contributed by atoms with Crippen LogP contribution in [-0.4, -0.2) is 43.3 Å². The maximum atomic E-state index is 11.6. The van der Waals surface area contributed by atoms with Crippen LogP contribution in [0.2, 0.25) is 0 Å². The second kappa shape index (κ2) is 8.09. The maximum absolute atomic E-state index is 11.6. The fourth-order valence-corrected chi connectivity index (χ4v) is 2.02. The van der Waals surface area contributed by atoms with Crippen LogP contribution in [0.5, 0.6) is 0 Å². The van der Waals surface area contributed by atoms with Crippen molar-refractivity contribution in [2.24, 2.45) is 0 Å². The molecule has 1 unspecified atom stereocenters. The molecular weight excluding hydrogens is 258 g/mol. The minimum absolute atomic E-state index is 0.0477. The number of ether oxygens (including phenoxy) is 1. The summed E-state index contributed by atoms with van der Waals surface area (Å²) in [5.41, 5.74) is -0.515. The third-order valence-electron chi connectivity index (χ3n) is 2.98. The quantitative estimate of drug-likeness (QED) is 0.708. The normalized spacial score (nSPS) is 19.2. The molecule has 0 radical (unpaired) electrons. The summed E-state index contributed by atoms with van der Waals surface area (Å²) in [5.74, 6) is -0.0477. The molecule has 0 aliphatic carbocycles. The van der Waals surface area contributed by atoms with Gasteiger partial charge in [-0.05, 0) is 40.2 Å². The third-order valence-corrected chi connectivity index (χ3v) is 2.98. The van der Waals surface area contributed by atoms with Crippen molar-refractivity contribution < 1.29 is 14.3 Å². The highest BCUT2D eigenvalue weighted by Crippen LogP contribution is 2.06. The molecule has 1 atom stereocenters. The highest BCUT2D eigenvalue weighted by atomic mass is 16.6. The highest BCUT2D eigenvalue weighted by molar-refractivity contribution is 5.77. The van der Waals surface area contributed by atoms with Crippen molar-refractivity contribution in [3.8, 4) is 0 Å². The molecule has 3 N–H and O–H groups in total. The van der Waals surface area contributed by atoms with E-state index in [1.165, 1.54) is 12.8 Å². The van der Waals surface area contributed by atoms with E-state index in [2.05, 4.69) is 16.0 Å². The standard InChI is InChI=1S/C14H27N3O3/c1-14(2,3)20-13(19)16-9-7-12(18)17-10-11-6-4-5-8-15-11/h11,15H,4-10H2,1-3H3,(H,16,19)(H,17,18). The van der Waals surface area contributed by atoms with Gasteiger partial charge in [0.05, 0.1) is 0 Å². The zero-order valence-electron chi connectivity index (χ0n) is 12.8. The van der Waals surface area contributed by atoms with Gasteiger partial charge in [-0.2, -0.15) is 0 Å². The average molecular weight is 285 g/mol. The molecule has 1 heterocycles. The number of rotatable bonds is 5. The number of hydrogen-bond acceptors (Lipinski definition) is 4. The Kier molecular flexibility index (Phi) is 6.78. The van der Waals surface area contributed by atoms with Crippen molar-refractivity contribution in [2.45, 2.75) is 58.1 Å². The summed E-state index contributed by atoms with van der Waals surface area (Å²) in [6.45, 7) is 7.38. The average Bonchev–Trinajstić information content (AvgIpc) is 2.35. The monoisotopic (exact) mass is 285 g/mol. The zero-order chi connectivity index (χ0) is 15.0. The van der Waals surface area contributed by atoms with E-state index in [0.29, 0.717) is 19.1 Å². The summed E-state index contributed by atoms with van der Waals surface area (Å²) >= 11 is 0. The first-order chi connectivity index (χ1) is 9.37. The Balaban J connectivity index is 2.06. The van der Waals surface area contributed by atoms with Gasteiger partial charge < -0.3 is 20.7 Å². The summed E-state index contributed by atoms with van der Waals surface area (Å²) in [6.07, 6.45) is 3.32. The van der Waals surface area contributed by atoms with E-state index in [1.54, 1.807) is 20.8 Å². The molecular formula is C14H27N3O3. The Morgan fingerprint density at radius 2 is 2.00 bits per heavy atom. The highest BCUT2D eigenvalue weighted by Gasteiger charge is 2.16. The molecule has 1 saturated heterocycles. The van der Waals surface area contributed by atoms with E-state index < -0.39 is 11.7 Å². The van der Waals surface area contributed by atoms with Gasteiger partial charge >= 0.3 is 6.09 Å². The van der Waals surface area contributed by atoms with Gasteiger partial charge in [-0.3, -0.25) is 4.79 Å². The lowest BCUT2D eigenvalue weighted by Crippen LogP contribution is -2.44. The zero-order valence-corrected chi connectivity index (χ0v) is 12.8. The predicted molar refractivity (Wildman–Crippen MR) is 77.5 cm³/mol. The molecule has 20 heavy (non-hydrogen) atoms. The number of piperidine rings is 1. The molecule has 0 aromatic carbocycles. The first-order valence-electron chi connectivity index (χ1n) is 7.34. The van der Waals surface area contributed by atoms with E-state index in [4.69, 9.17) is 4.74 Å². The Bertz CT molecular complexity index is 320. The van der Waals surface area contributed by atoms with Crippen LogP contribution in [0.25, 0.3) is 0 Å². The van der Waals surface area contributed by atoms with Crippen LogP contribution < -0.4 is 16.0 Å². The summed E-state index contributed by atoms with van der Waals surface area (Å²) in [4.78, 5) is 23.0. The van der Waals surface area contributed by atoms with Crippen LogP contribution in [-0.2, 0) is 9.53 Å². The minimum atomic E-state index is -0.515. The van der Waals surface area contributed by atoms with Gasteiger partial charge in [-0.1, -0.05) is 6.42 Å². The fraction of sp³-hybridized carbons (Fsp3) is 0.857. The van der Waals surface area contributed by atoms with Gasteiger partial charge in [0.25, 0.3) is 0 Å². The Morgan fingerprint density at radius 1 is 1.25 bits per heavy atom. The lowest BCUT2D eigenvalue weighted by molar-refractivity contribution is -0.121. The first kappa shape index (κ1) is 16.8. The molecule has 116 valence electrons. The molecule has 6 nitrogen and oxygen atoms in total. The largest absolute Gasteiger partial charge is 0.444 e. The Morgan fingerprint density at radius 3 is 2.60 bits per heavy atom. The maximum Gasteiger partial charge on any atom is 0.407 e. The molecule has 0 saturated carbocycles. The van der Waals surface area contributed by atoms with Crippen LogP contribution >= 0.6 is 0 Å². The van der Waals surface area contributed by atoms with E-state index in [1.807, 2.05) is 0 Å². The molecule has 1 fully saturated rings. The van der Waals surface area contributed by atoms with Crippen LogP contribution in [0.3, 0.4) is 0 Å². The van der Waals surface area contributed by atoms with Gasteiger partial charge in [-0.25, -0.2) is 4.79 Å². The number of carbonyl (C=O) groups excluding carboxylic acids is 2. The Hall–Kier alpha value is -1.30. The number of nitrogens with one attached hydrogen (secondary N) is 3. The van der Waals surface area contributed by atoms with Crippen molar-refractivity contribution in [1.29, 1.82) is 0 Å². The summed E-state index contributed by atoms with van der Waals surface area (Å²) in [7, 11) is 0. The van der Waals surface area contributed by atoms with Crippen molar-refractivity contribution in [3.05, 3.63) is 0 Å². The molecule has 0 aromatic heterocycles. The second-order valence-corrected chi connectivity index (χ2v) is 6.13. The third kappa shape index (κ3) is 7.99. The van der Waals surface area contributed by atoms with Crippen LogP contribution in [0.15, 0.2) is 0 Å². The van der Waals surface area contributed by atoms with Crippen molar-refractivity contribution >= 4 is 12.0 Å². The molecule has 1 aliphatic heterocycles. The predicted octanol–water partition coefficient (Wildman–Crippen LogP) is 1.16. The first-order valence-corrected chi connectivity index (χ1v) is 7.34. The number of amides is 2. The Labute approximate surface area is 121 Å². The van der Waals surface area contributed by atoms with Crippen LogP contribution in [0, 0.1) is 0 Å². The summed E-state index contributed by atoms with van der Waals surface area (Å²) in [6, 6.07) is 0.381. The van der Waals surface area contributed by atoms with Gasteiger partial charge in [0.2, 0.25) is 5.91 Å². The lowest BCUT2D eigenvalue weighted by atomic mass is 10.1. The van der Waals surface area contributed by atoms with Crippen LogP contribution in [0.4, 0.5) is 4.79 Å². The molecule has 0 aromatic rings. The topological polar surface area (TPSA) is 79.5 Å². The number of carbonyl (C=O) groups is 2. The van der Waals surface area contributed by atoms with Gasteiger partial charge in [0.1, 0.15) is 5.60 Å². The van der Waals surface area contributed by atoms with Crippen molar-refractivity contribution in [2.75, 3.05) is 19.6 Å². The van der Waals surface area contributed by atoms with Crippen molar-refractivity contribution in [3.63, 3.8) is 0 Å². The number of alkyl carbamates (subject to hydrolysis) is 1. The second-order valence-electron chi connectivity index (χ2n) is 6.13. The van der Waals surface area contributed by atoms with Gasteiger partial charge in [0, 0.05) is 25.6 Å². The minimum Gasteiger partial charge on any atom is -0.444 e. The van der Waals surface area contributed by atoms with Crippen LogP contribution in [0.1, 0.15) is 46.5 Å². The molecule has 2 amide bonds. The molecule has 6 heteroatoms. The molecule has 1 aliphatic rings.